The van der Waals surface area contributed by atoms with Gasteiger partial charge in [0, 0.05) is 34.8 Å². The highest BCUT2D eigenvalue weighted by atomic mass is 35.5. The van der Waals surface area contributed by atoms with E-state index in [-0.39, 0.29) is 6.42 Å². The maximum Gasteiger partial charge on any atom is 0.127 e. The van der Waals surface area contributed by atoms with Gasteiger partial charge in [-0.15, -0.1) is 0 Å². The standard InChI is InChI=1S/C17H13ClFNO/c18-15-5-2-6-16(19)14(15)9-17(21)13-4-1-3-11-10-20-8-7-12(11)13/h1-8,10,17,21H,9H2. The van der Waals surface area contributed by atoms with Crippen LogP contribution in [0.15, 0.2) is 54.9 Å². The quantitative estimate of drug-likeness (QED) is 0.782. The van der Waals surface area contributed by atoms with Gasteiger partial charge in [-0.3, -0.25) is 4.98 Å². The molecule has 1 unspecified atom stereocenters. The maximum absolute atomic E-state index is 13.8. The summed E-state index contributed by atoms with van der Waals surface area (Å²) in [6.07, 6.45) is 2.72. The summed E-state index contributed by atoms with van der Waals surface area (Å²) in [5, 5.41) is 12.7. The van der Waals surface area contributed by atoms with Gasteiger partial charge in [0.2, 0.25) is 0 Å². The molecule has 21 heavy (non-hydrogen) atoms. The Morgan fingerprint density at radius 3 is 2.76 bits per heavy atom. The lowest BCUT2D eigenvalue weighted by molar-refractivity contribution is 0.178. The molecule has 1 aromatic heterocycles. The first-order chi connectivity index (χ1) is 10.2. The SMILES string of the molecule is OC(Cc1c(F)cccc1Cl)c1cccc2cnccc12. The van der Waals surface area contributed by atoms with Gasteiger partial charge in [0.15, 0.2) is 0 Å². The van der Waals surface area contributed by atoms with Gasteiger partial charge >= 0.3 is 0 Å². The normalized spacial score (nSPS) is 12.5. The van der Waals surface area contributed by atoms with E-state index in [2.05, 4.69) is 4.98 Å². The molecule has 1 heterocycles. The molecule has 0 saturated carbocycles. The first kappa shape index (κ1) is 14.0. The van der Waals surface area contributed by atoms with E-state index in [0.717, 1.165) is 16.3 Å². The van der Waals surface area contributed by atoms with Gasteiger partial charge in [-0.05, 0) is 29.1 Å². The average Bonchev–Trinajstić information content (AvgIpc) is 2.50. The van der Waals surface area contributed by atoms with Crippen LogP contribution in [0.25, 0.3) is 10.8 Å². The van der Waals surface area contributed by atoms with Crippen molar-refractivity contribution >= 4 is 22.4 Å². The Morgan fingerprint density at radius 1 is 1.14 bits per heavy atom. The fraction of sp³-hybridized carbons (Fsp3) is 0.118. The van der Waals surface area contributed by atoms with Gasteiger partial charge < -0.3 is 5.11 Å². The zero-order valence-electron chi connectivity index (χ0n) is 11.1. The lowest BCUT2D eigenvalue weighted by Gasteiger charge is -2.15. The summed E-state index contributed by atoms with van der Waals surface area (Å²) in [5.74, 6) is -0.400. The molecular formula is C17H13ClFNO. The smallest absolute Gasteiger partial charge is 0.127 e. The van der Waals surface area contributed by atoms with E-state index in [4.69, 9.17) is 11.6 Å². The number of hydrogen-bond acceptors (Lipinski definition) is 2. The molecule has 2 nitrogen and oxygen atoms in total. The second-order valence-electron chi connectivity index (χ2n) is 4.86. The highest BCUT2D eigenvalue weighted by molar-refractivity contribution is 6.31. The predicted octanol–water partition coefficient (Wildman–Crippen LogP) is 4.30. The number of rotatable bonds is 3. The number of hydrogen-bond donors (Lipinski definition) is 1. The Balaban J connectivity index is 2.00. The van der Waals surface area contributed by atoms with Crippen molar-refractivity contribution in [2.75, 3.05) is 0 Å². The molecule has 3 rings (SSSR count). The number of benzene rings is 2. The van der Waals surface area contributed by atoms with Gasteiger partial charge in [-0.2, -0.15) is 0 Å². The van der Waals surface area contributed by atoms with Crippen molar-refractivity contribution in [3.8, 4) is 0 Å². The fourth-order valence-corrected chi connectivity index (χ4v) is 2.71. The van der Waals surface area contributed by atoms with Crippen molar-refractivity contribution in [2.24, 2.45) is 0 Å². The monoisotopic (exact) mass is 301 g/mol. The van der Waals surface area contributed by atoms with Gasteiger partial charge in [0.25, 0.3) is 0 Å². The molecule has 106 valence electrons. The van der Waals surface area contributed by atoms with Gasteiger partial charge in [0.1, 0.15) is 5.82 Å². The highest BCUT2D eigenvalue weighted by Gasteiger charge is 2.16. The van der Waals surface area contributed by atoms with Crippen LogP contribution in [0.4, 0.5) is 4.39 Å². The molecular weight excluding hydrogens is 289 g/mol. The van der Waals surface area contributed by atoms with Crippen molar-refractivity contribution in [1.29, 1.82) is 0 Å². The van der Waals surface area contributed by atoms with E-state index in [1.165, 1.54) is 6.07 Å². The Hall–Kier alpha value is -1.97. The molecule has 1 N–H and O–H groups in total. The number of pyridine rings is 1. The van der Waals surface area contributed by atoms with Crippen LogP contribution in [0, 0.1) is 5.82 Å². The molecule has 3 aromatic rings. The third kappa shape index (κ3) is 2.75. The van der Waals surface area contributed by atoms with Crippen LogP contribution < -0.4 is 0 Å². The summed E-state index contributed by atoms with van der Waals surface area (Å²) in [6.45, 7) is 0. The Bertz CT molecular complexity index is 765. The van der Waals surface area contributed by atoms with E-state index in [1.807, 2.05) is 24.3 Å². The summed E-state index contributed by atoms with van der Waals surface area (Å²) >= 11 is 6.02. The van der Waals surface area contributed by atoms with Crippen molar-refractivity contribution in [3.63, 3.8) is 0 Å². The molecule has 0 radical (unpaired) electrons. The number of halogens is 2. The molecule has 0 fully saturated rings. The fourth-order valence-electron chi connectivity index (χ4n) is 2.47. The summed E-state index contributed by atoms with van der Waals surface area (Å²) in [4.78, 5) is 4.06. The predicted molar refractivity (Wildman–Crippen MR) is 81.8 cm³/mol. The lowest BCUT2D eigenvalue weighted by Crippen LogP contribution is -2.05. The summed E-state index contributed by atoms with van der Waals surface area (Å²) in [6, 6.07) is 12.0. The van der Waals surface area contributed by atoms with Crippen molar-refractivity contribution < 1.29 is 9.50 Å². The highest BCUT2D eigenvalue weighted by Crippen LogP contribution is 2.29. The molecule has 0 bridgehead atoms. The Labute approximate surface area is 126 Å². The zero-order chi connectivity index (χ0) is 14.8. The van der Waals surface area contributed by atoms with Gasteiger partial charge in [-0.1, -0.05) is 35.9 Å². The van der Waals surface area contributed by atoms with Crippen LogP contribution >= 0.6 is 11.6 Å². The second-order valence-corrected chi connectivity index (χ2v) is 5.27. The summed E-state index contributed by atoms with van der Waals surface area (Å²) in [7, 11) is 0. The summed E-state index contributed by atoms with van der Waals surface area (Å²) < 4.78 is 13.8. The first-order valence-electron chi connectivity index (χ1n) is 6.60. The zero-order valence-corrected chi connectivity index (χ0v) is 11.9. The van der Waals surface area contributed by atoms with Gasteiger partial charge in [-0.25, -0.2) is 4.39 Å². The molecule has 1 atom stereocenters. The second kappa shape index (κ2) is 5.80. The molecule has 0 aliphatic rings. The minimum Gasteiger partial charge on any atom is -0.388 e. The molecule has 0 aliphatic heterocycles. The van der Waals surface area contributed by atoms with Crippen LogP contribution in [-0.2, 0) is 6.42 Å². The number of nitrogens with zero attached hydrogens (tertiary/aromatic N) is 1. The molecule has 0 amide bonds. The number of aliphatic hydroxyl groups is 1. The molecule has 0 saturated heterocycles. The van der Waals surface area contributed by atoms with E-state index < -0.39 is 11.9 Å². The van der Waals surface area contributed by atoms with E-state index in [9.17, 15) is 9.50 Å². The number of aromatic nitrogens is 1. The van der Waals surface area contributed by atoms with Gasteiger partial charge in [0.05, 0.1) is 6.10 Å². The van der Waals surface area contributed by atoms with Crippen LogP contribution in [0.5, 0.6) is 0 Å². The minimum atomic E-state index is -0.828. The molecule has 0 spiro atoms. The Morgan fingerprint density at radius 2 is 1.95 bits per heavy atom. The van der Waals surface area contributed by atoms with E-state index >= 15 is 0 Å². The van der Waals surface area contributed by atoms with Crippen molar-refractivity contribution in [2.45, 2.75) is 12.5 Å². The van der Waals surface area contributed by atoms with Crippen molar-refractivity contribution in [1.82, 2.24) is 4.98 Å². The summed E-state index contributed by atoms with van der Waals surface area (Å²) in [5.41, 5.74) is 1.08. The minimum absolute atomic E-state index is 0.132. The lowest BCUT2D eigenvalue weighted by atomic mass is 9.97. The first-order valence-corrected chi connectivity index (χ1v) is 6.98. The maximum atomic E-state index is 13.8. The van der Waals surface area contributed by atoms with Crippen LogP contribution in [0.2, 0.25) is 5.02 Å². The molecule has 0 aliphatic carbocycles. The third-order valence-electron chi connectivity index (χ3n) is 3.53. The Kier molecular flexibility index (Phi) is 3.86. The number of fused-ring (bicyclic) bond motifs is 1. The van der Waals surface area contributed by atoms with Crippen LogP contribution in [0.3, 0.4) is 0 Å². The average molecular weight is 302 g/mol. The number of aliphatic hydroxyl groups excluding tert-OH is 1. The van der Waals surface area contributed by atoms with Crippen LogP contribution in [0.1, 0.15) is 17.2 Å². The van der Waals surface area contributed by atoms with Crippen LogP contribution in [-0.4, -0.2) is 10.1 Å². The third-order valence-corrected chi connectivity index (χ3v) is 3.89. The molecule has 2 aromatic carbocycles. The largest absolute Gasteiger partial charge is 0.388 e. The topological polar surface area (TPSA) is 33.1 Å². The van der Waals surface area contributed by atoms with Crippen molar-refractivity contribution in [3.05, 3.63) is 76.8 Å². The molecule has 4 heteroatoms. The van der Waals surface area contributed by atoms with E-state index in [1.54, 1.807) is 24.5 Å². The van der Waals surface area contributed by atoms with E-state index in [0.29, 0.717) is 10.6 Å².